The average Bonchev–Trinajstić information content (AvgIpc) is 3.18. The highest BCUT2D eigenvalue weighted by Gasteiger charge is 2.28. The molecule has 2 aromatic carbocycles. The standard InChI is InChI=1S/C20H18BrN3O2/c21-17-8-4-7-16(13-17)20(25)24-11-9-15(10-12-24)19-22-18(23-26-19)14-5-2-1-3-6-14/h1-8,13,15H,9-12H2. The van der Waals surface area contributed by atoms with Gasteiger partial charge in [0.05, 0.1) is 0 Å². The molecule has 0 bridgehead atoms. The molecule has 0 unspecified atom stereocenters. The highest BCUT2D eigenvalue weighted by molar-refractivity contribution is 9.10. The fourth-order valence-electron chi connectivity index (χ4n) is 3.24. The Balaban J connectivity index is 1.41. The van der Waals surface area contributed by atoms with E-state index in [9.17, 15) is 4.79 Å². The van der Waals surface area contributed by atoms with E-state index in [1.807, 2.05) is 59.5 Å². The van der Waals surface area contributed by atoms with Gasteiger partial charge in [0.25, 0.3) is 5.91 Å². The molecule has 4 rings (SSSR count). The van der Waals surface area contributed by atoms with Gasteiger partial charge in [-0.05, 0) is 31.0 Å². The van der Waals surface area contributed by atoms with Crippen LogP contribution in [-0.4, -0.2) is 34.0 Å². The molecule has 2 heterocycles. The minimum atomic E-state index is 0.0697. The smallest absolute Gasteiger partial charge is 0.253 e. The molecule has 0 aliphatic carbocycles. The van der Waals surface area contributed by atoms with E-state index in [-0.39, 0.29) is 11.8 Å². The molecular formula is C20H18BrN3O2. The van der Waals surface area contributed by atoms with Gasteiger partial charge in [-0.3, -0.25) is 4.79 Å². The van der Waals surface area contributed by atoms with Gasteiger partial charge >= 0.3 is 0 Å². The summed E-state index contributed by atoms with van der Waals surface area (Å²) < 4.78 is 6.40. The predicted molar refractivity (Wildman–Crippen MR) is 102 cm³/mol. The van der Waals surface area contributed by atoms with Crippen molar-refractivity contribution in [2.24, 2.45) is 0 Å². The second-order valence-electron chi connectivity index (χ2n) is 6.40. The number of benzene rings is 2. The number of carbonyl (C=O) groups excluding carboxylic acids is 1. The number of hydrogen-bond acceptors (Lipinski definition) is 4. The zero-order valence-electron chi connectivity index (χ0n) is 14.1. The summed E-state index contributed by atoms with van der Waals surface area (Å²) in [6.07, 6.45) is 1.66. The Morgan fingerprint density at radius 2 is 1.85 bits per heavy atom. The van der Waals surface area contributed by atoms with Crippen molar-refractivity contribution in [1.29, 1.82) is 0 Å². The molecule has 1 aliphatic rings. The van der Waals surface area contributed by atoms with Gasteiger partial charge in [-0.1, -0.05) is 57.5 Å². The first kappa shape index (κ1) is 17.0. The van der Waals surface area contributed by atoms with Crippen LogP contribution in [0.4, 0.5) is 0 Å². The number of rotatable bonds is 3. The second-order valence-corrected chi connectivity index (χ2v) is 7.31. The van der Waals surface area contributed by atoms with Crippen molar-refractivity contribution >= 4 is 21.8 Å². The minimum Gasteiger partial charge on any atom is -0.339 e. The summed E-state index contributed by atoms with van der Waals surface area (Å²) in [6, 6.07) is 17.3. The Labute approximate surface area is 160 Å². The topological polar surface area (TPSA) is 59.2 Å². The van der Waals surface area contributed by atoms with Gasteiger partial charge in [0.2, 0.25) is 11.7 Å². The Bertz CT molecular complexity index is 902. The van der Waals surface area contributed by atoms with Gasteiger partial charge in [-0.2, -0.15) is 4.98 Å². The first-order valence-corrected chi connectivity index (χ1v) is 9.44. The number of hydrogen-bond donors (Lipinski definition) is 0. The van der Waals surface area contributed by atoms with Crippen molar-refractivity contribution in [2.45, 2.75) is 18.8 Å². The van der Waals surface area contributed by atoms with Gasteiger partial charge in [0.15, 0.2) is 0 Å². The number of aromatic nitrogens is 2. The highest BCUT2D eigenvalue weighted by atomic mass is 79.9. The maximum atomic E-state index is 12.6. The highest BCUT2D eigenvalue weighted by Crippen LogP contribution is 2.29. The van der Waals surface area contributed by atoms with Crippen molar-refractivity contribution < 1.29 is 9.32 Å². The van der Waals surface area contributed by atoms with E-state index in [2.05, 4.69) is 26.1 Å². The largest absolute Gasteiger partial charge is 0.339 e. The number of nitrogens with zero attached hydrogens (tertiary/aromatic N) is 3. The molecule has 0 atom stereocenters. The van der Waals surface area contributed by atoms with E-state index < -0.39 is 0 Å². The number of halogens is 1. The van der Waals surface area contributed by atoms with E-state index in [0.29, 0.717) is 30.4 Å². The maximum absolute atomic E-state index is 12.6. The van der Waals surface area contributed by atoms with Crippen molar-refractivity contribution in [3.05, 3.63) is 70.5 Å². The van der Waals surface area contributed by atoms with Gasteiger partial charge in [0.1, 0.15) is 0 Å². The van der Waals surface area contributed by atoms with Crippen LogP contribution >= 0.6 is 15.9 Å². The van der Waals surface area contributed by atoms with Crippen LogP contribution in [0.3, 0.4) is 0 Å². The SMILES string of the molecule is O=C(c1cccc(Br)c1)N1CCC(c2nc(-c3ccccc3)no2)CC1. The summed E-state index contributed by atoms with van der Waals surface area (Å²) in [6.45, 7) is 1.39. The summed E-state index contributed by atoms with van der Waals surface area (Å²) in [7, 11) is 0. The molecule has 1 saturated heterocycles. The van der Waals surface area contributed by atoms with Crippen LogP contribution in [0.25, 0.3) is 11.4 Å². The molecule has 0 spiro atoms. The van der Waals surface area contributed by atoms with Crippen molar-refractivity contribution in [2.75, 3.05) is 13.1 Å². The van der Waals surface area contributed by atoms with Crippen LogP contribution in [0.15, 0.2) is 63.6 Å². The lowest BCUT2D eigenvalue weighted by Crippen LogP contribution is -2.38. The number of likely N-dealkylation sites (tertiary alicyclic amines) is 1. The molecule has 0 N–H and O–H groups in total. The number of piperidine rings is 1. The molecule has 1 aliphatic heterocycles. The maximum Gasteiger partial charge on any atom is 0.253 e. The third-order valence-corrected chi connectivity index (χ3v) is 5.17. The normalized spacial score (nSPS) is 15.2. The van der Waals surface area contributed by atoms with E-state index in [0.717, 1.165) is 22.9 Å². The van der Waals surface area contributed by atoms with Crippen LogP contribution in [0.1, 0.15) is 35.0 Å². The Morgan fingerprint density at radius 1 is 1.08 bits per heavy atom. The Morgan fingerprint density at radius 3 is 2.58 bits per heavy atom. The molecular weight excluding hydrogens is 394 g/mol. The summed E-state index contributed by atoms with van der Waals surface area (Å²) in [4.78, 5) is 19.1. The predicted octanol–water partition coefficient (Wildman–Crippen LogP) is 4.52. The van der Waals surface area contributed by atoms with E-state index in [1.54, 1.807) is 0 Å². The van der Waals surface area contributed by atoms with Crippen LogP contribution in [0.2, 0.25) is 0 Å². The van der Waals surface area contributed by atoms with Crippen LogP contribution in [-0.2, 0) is 0 Å². The van der Waals surface area contributed by atoms with Crippen LogP contribution in [0.5, 0.6) is 0 Å². The van der Waals surface area contributed by atoms with Crippen molar-refractivity contribution in [3.8, 4) is 11.4 Å². The molecule has 1 aromatic heterocycles. The fourth-order valence-corrected chi connectivity index (χ4v) is 3.64. The summed E-state index contributed by atoms with van der Waals surface area (Å²) in [5.74, 6) is 1.55. The van der Waals surface area contributed by atoms with E-state index in [4.69, 9.17) is 4.52 Å². The first-order chi connectivity index (χ1) is 12.7. The summed E-state index contributed by atoms with van der Waals surface area (Å²) >= 11 is 3.42. The molecule has 0 radical (unpaired) electrons. The van der Waals surface area contributed by atoms with Crippen LogP contribution in [0, 0.1) is 0 Å². The molecule has 6 heteroatoms. The lowest BCUT2D eigenvalue weighted by atomic mass is 9.96. The first-order valence-electron chi connectivity index (χ1n) is 8.64. The third-order valence-electron chi connectivity index (χ3n) is 4.68. The molecule has 26 heavy (non-hydrogen) atoms. The van der Waals surface area contributed by atoms with Gasteiger partial charge in [-0.15, -0.1) is 0 Å². The lowest BCUT2D eigenvalue weighted by Gasteiger charge is -2.30. The molecule has 1 fully saturated rings. The quantitative estimate of drug-likeness (QED) is 0.635. The van der Waals surface area contributed by atoms with E-state index >= 15 is 0 Å². The van der Waals surface area contributed by atoms with Crippen LogP contribution < -0.4 is 0 Å². The Hall–Kier alpha value is -2.47. The fraction of sp³-hybridized carbons (Fsp3) is 0.250. The zero-order valence-corrected chi connectivity index (χ0v) is 15.7. The molecule has 5 nitrogen and oxygen atoms in total. The van der Waals surface area contributed by atoms with Gasteiger partial charge in [-0.25, -0.2) is 0 Å². The molecule has 132 valence electrons. The van der Waals surface area contributed by atoms with Gasteiger partial charge < -0.3 is 9.42 Å². The van der Waals surface area contributed by atoms with Crippen molar-refractivity contribution in [3.63, 3.8) is 0 Å². The molecule has 1 amide bonds. The Kier molecular flexibility index (Phi) is 4.84. The monoisotopic (exact) mass is 411 g/mol. The molecule has 3 aromatic rings. The van der Waals surface area contributed by atoms with E-state index in [1.165, 1.54) is 0 Å². The second kappa shape index (κ2) is 7.41. The lowest BCUT2D eigenvalue weighted by molar-refractivity contribution is 0.0704. The molecule has 0 saturated carbocycles. The third kappa shape index (κ3) is 3.55. The zero-order chi connectivity index (χ0) is 17.9. The minimum absolute atomic E-state index is 0.0697. The summed E-state index contributed by atoms with van der Waals surface area (Å²) in [5, 5.41) is 4.10. The van der Waals surface area contributed by atoms with Crippen molar-refractivity contribution in [1.82, 2.24) is 15.0 Å². The number of amides is 1. The average molecular weight is 412 g/mol. The summed E-state index contributed by atoms with van der Waals surface area (Å²) in [5.41, 5.74) is 1.66. The van der Waals surface area contributed by atoms with Gasteiger partial charge in [0, 0.05) is 34.6 Å². The number of carbonyl (C=O) groups is 1.